The Hall–Kier alpha value is -0.630. The molecule has 0 aromatic rings. The summed E-state index contributed by atoms with van der Waals surface area (Å²) in [7, 11) is 0. The van der Waals surface area contributed by atoms with Crippen LogP contribution in [0.1, 0.15) is 44.9 Å². The van der Waals surface area contributed by atoms with Crippen molar-refractivity contribution in [2.45, 2.75) is 50.5 Å². The van der Waals surface area contributed by atoms with Crippen LogP contribution >= 0.6 is 0 Å². The summed E-state index contributed by atoms with van der Waals surface area (Å²) in [5.41, 5.74) is 0.581. The van der Waals surface area contributed by atoms with Crippen molar-refractivity contribution in [3.8, 4) is 0 Å². The standard InChI is InChI=1S/C12H16O2/c13-10-7-9-3-1-2-4-11(9)5-6-12(10,14)8-11/h7,14H,1-6,8H2/t11-,12-/m1/s1. The quantitative estimate of drug-likeness (QED) is 0.637. The van der Waals surface area contributed by atoms with E-state index in [2.05, 4.69) is 0 Å². The molecule has 14 heavy (non-hydrogen) atoms. The van der Waals surface area contributed by atoms with Gasteiger partial charge in [0.05, 0.1) is 0 Å². The molecule has 2 atom stereocenters. The molecule has 76 valence electrons. The average molecular weight is 192 g/mol. The van der Waals surface area contributed by atoms with E-state index in [1.807, 2.05) is 0 Å². The number of carbonyl (C=O) groups is 1. The highest BCUT2D eigenvalue weighted by atomic mass is 16.3. The summed E-state index contributed by atoms with van der Waals surface area (Å²) < 4.78 is 0. The minimum atomic E-state index is -0.985. The summed E-state index contributed by atoms with van der Waals surface area (Å²) in [4.78, 5) is 11.7. The van der Waals surface area contributed by atoms with Crippen molar-refractivity contribution in [2.75, 3.05) is 0 Å². The van der Waals surface area contributed by atoms with E-state index >= 15 is 0 Å². The molecular formula is C12H16O2. The number of fused-ring (bicyclic) bond motifs is 1. The summed E-state index contributed by atoms with van der Waals surface area (Å²) >= 11 is 0. The minimum Gasteiger partial charge on any atom is -0.382 e. The van der Waals surface area contributed by atoms with E-state index in [-0.39, 0.29) is 11.2 Å². The molecule has 0 aliphatic heterocycles. The first kappa shape index (κ1) is 8.66. The molecule has 0 amide bonds. The van der Waals surface area contributed by atoms with Crippen LogP contribution in [0.4, 0.5) is 0 Å². The zero-order valence-corrected chi connectivity index (χ0v) is 8.38. The minimum absolute atomic E-state index is 0.0254. The van der Waals surface area contributed by atoms with Gasteiger partial charge >= 0.3 is 0 Å². The highest BCUT2D eigenvalue weighted by Crippen LogP contribution is 2.58. The Kier molecular flexibility index (Phi) is 1.54. The van der Waals surface area contributed by atoms with E-state index in [0.717, 1.165) is 12.8 Å². The molecule has 1 spiro atoms. The predicted octanol–water partition coefficient (Wildman–Crippen LogP) is 1.97. The Morgan fingerprint density at radius 1 is 1.21 bits per heavy atom. The topological polar surface area (TPSA) is 37.3 Å². The van der Waals surface area contributed by atoms with Gasteiger partial charge < -0.3 is 5.11 Å². The first-order chi connectivity index (χ1) is 6.65. The summed E-state index contributed by atoms with van der Waals surface area (Å²) in [6.45, 7) is 0. The molecule has 2 nitrogen and oxygen atoms in total. The van der Waals surface area contributed by atoms with Crippen LogP contribution in [0.5, 0.6) is 0 Å². The molecular weight excluding hydrogens is 176 g/mol. The van der Waals surface area contributed by atoms with E-state index < -0.39 is 5.60 Å². The Balaban J connectivity index is 2.08. The molecule has 1 N–H and O–H groups in total. The highest BCUT2D eigenvalue weighted by molar-refractivity contribution is 5.99. The number of hydrogen-bond acceptors (Lipinski definition) is 2. The van der Waals surface area contributed by atoms with Gasteiger partial charge in [-0.15, -0.1) is 0 Å². The lowest BCUT2D eigenvalue weighted by Crippen LogP contribution is -2.41. The lowest BCUT2D eigenvalue weighted by atomic mass is 9.65. The lowest BCUT2D eigenvalue weighted by Gasteiger charge is -2.40. The van der Waals surface area contributed by atoms with Crippen molar-refractivity contribution in [3.05, 3.63) is 11.6 Å². The van der Waals surface area contributed by atoms with Gasteiger partial charge in [0.15, 0.2) is 5.78 Å². The van der Waals surface area contributed by atoms with E-state index in [4.69, 9.17) is 0 Å². The van der Waals surface area contributed by atoms with Crippen molar-refractivity contribution in [3.63, 3.8) is 0 Å². The van der Waals surface area contributed by atoms with Gasteiger partial charge in [-0.25, -0.2) is 0 Å². The molecule has 0 aromatic carbocycles. The van der Waals surface area contributed by atoms with E-state index in [1.165, 1.54) is 24.8 Å². The molecule has 3 aliphatic carbocycles. The number of allylic oxidation sites excluding steroid dienone is 1. The van der Waals surface area contributed by atoms with Crippen LogP contribution in [0, 0.1) is 5.41 Å². The van der Waals surface area contributed by atoms with Crippen LogP contribution in [-0.4, -0.2) is 16.5 Å². The van der Waals surface area contributed by atoms with Crippen LogP contribution in [-0.2, 0) is 4.79 Å². The van der Waals surface area contributed by atoms with Crippen LogP contribution in [0.25, 0.3) is 0 Å². The largest absolute Gasteiger partial charge is 0.382 e. The summed E-state index contributed by atoms with van der Waals surface area (Å²) in [6, 6.07) is 0. The first-order valence-electron chi connectivity index (χ1n) is 5.63. The van der Waals surface area contributed by atoms with Gasteiger partial charge in [-0.2, -0.15) is 0 Å². The molecule has 0 saturated heterocycles. The summed E-state index contributed by atoms with van der Waals surface area (Å²) in [5.74, 6) is -0.0254. The van der Waals surface area contributed by atoms with Crippen LogP contribution in [0.15, 0.2) is 11.6 Å². The average Bonchev–Trinajstić information content (AvgIpc) is 2.46. The van der Waals surface area contributed by atoms with Gasteiger partial charge in [0.25, 0.3) is 0 Å². The second-order valence-electron chi connectivity index (χ2n) is 5.23. The van der Waals surface area contributed by atoms with Crippen LogP contribution < -0.4 is 0 Å². The lowest BCUT2D eigenvalue weighted by molar-refractivity contribution is -0.133. The number of rotatable bonds is 0. The van der Waals surface area contributed by atoms with Crippen molar-refractivity contribution < 1.29 is 9.90 Å². The molecule has 2 heteroatoms. The molecule has 2 saturated carbocycles. The Labute approximate surface area is 84.0 Å². The Morgan fingerprint density at radius 2 is 2.07 bits per heavy atom. The highest BCUT2D eigenvalue weighted by Gasteiger charge is 2.55. The van der Waals surface area contributed by atoms with Gasteiger partial charge in [-0.05, 0) is 50.0 Å². The monoisotopic (exact) mass is 192 g/mol. The SMILES string of the molecule is O=C1C=C2CCCC[C@]23CC[C@@]1(O)C3. The maximum atomic E-state index is 11.7. The third-order valence-corrected chi connectivity index (χ3v) is 4.44. The van der Waals surface area contributed by atoms with Gasteiger partial charge in [0.2, 0.25) is 0 Å². The third kappa shape index (κ3) is 0.924. The maximum Gasteiger partial charge on any atom is 0.187 e. The molecule has 3 rings (SSSR count). The molecule has 0 unspecified atom stereocenters. The summed E-state index contributed by atoms with van der Waals surface area (Å²) in [6.07, 6.45) is 8.95. The smallest absolute Gasteiger partial charge is 0.187 e. The molecule has 3 aliphatic rings. The second-order valence-corrected chi connectivity index (χ2v) is 5.23. The second kappa shape index (κ2) is 2.48. The predicted molar refractivity (Wildman–Crippen MR) is 52.8 cm³/mol. The fourth-order valence-electron chi connectivity index (χ4n) is 3.60. The van der Waals surface area contributed by atoms with Crippen LogP contribution in [0.3, 0.4) is 0 Å². The van der Waals surface area contributed by atoms with Crippen LogP contribution in [0.2, 0.25) is 0 Å². The Morgan fingerprint density at radius 3 is 2.93 bits per heavy atom. The van der Waals surface area contributed by atoms with Crippen molar-refractivity contribution in [1.29, 1.82) is 0 Å². The third-order valence-electron chi connectivity index (χ3n) is 4.44. The van der Waals surface area contributed by atoms with Gasteiger partial charge in [-0.3, -0.25) is 4.79 Å². The molecule has 0 aromatic heterocycles. The number of hydrogen-bond donors (Lipinski definition) is 1. The van der Waals surface area contributed by atoms with E-state index in [1.54, 1.807) is 6.08 Å². The number of ketones is 1. The van der Waals surface area contributed by atoms with Gasteiger partial charge in [0.1, 0.15) is 5.60 Å². The van der Waals surface area contributed by atoms with Crippen molar-refractivity contribution in [1.82, 2.24) is 0 Å². The fraction of sp³-hybridized carbons (Fsp3) is 0.750. The van der Waals surface area contributed by atoms with Crippen molar-refractivity contribution in [2.24, 2.45) is 5.41 Å². The zero-order valence-electron chi connectivity index (χ0n) is 8.38. The first-order valence-corrected chi connectivity index (χ1v) is 5.63. The van der Waals surface area contributed by atoms with E-state index in [9.17, 15) is 9.90 Å². The van der Waals surface area contributed by atoms with Gasteiger partial charge in [0, 0.05) is 0 Å². The zero-order chi connectivity index (χ0) is 9.81. The van der Waals surface area contributed by atoms with E-state index in [0.29, 0.717) is 12.8 Å². The maximum absolute atomic E-state index is 11.7. The van der Waals surface area contributed by atoms with Gasteiger partial charge in [-0.1, -0.05) is 12.0 Å². The fourth-order valence-corrected chi connectivity index (χ4v) is 3.60. The van der Waals surface area contributed by atoms with Crippen molar-refractivity contribution >= 4 is 5.78 Å². The number of carbonyl (C=O) groups excluding carboxylic acids is 1. The molecule has 2 fully saturated rings. The summed E-state index contributed by atoms with van der Waals surface area (Å²) in [5, 5.41) is 10.1. The molecule has 2 bridgehead atoms. The molecule has 0 heterocycles. The normalized spacial score (nSPS) is 46.1. The molecule has 0 radical (unpaired) electrons. The number of aliphatic hydroxyl groups is 1. The Bertz CT molecular complexity index is 331.